The molecule has 1 aromatic heterocycles. The van der Waals surface area contributed by atoms with Crippen molar-refractivity contribution in [2.24, 2.45) is 0 Å². The summed E-state index contributed by atoms with van der Waals surface area (Å²) < 4.78 is 36.2. The molecule has 6 heteroatoms. The van der Waals surface area contributed by atoms with Gasteiger partial charge in [-0.2, -0.15) is 8.76 Å². The van der Waals surface area contributed by atoms with Gasteiger partial charge in [0.2, 0.25) is 5.82 Å². The highest BCUT2D eigenvalue weighted by Gasteiger charge is 2.19. The molecule has 0 aliphatic rings. The largest absolute Gasteiger partial charge is 0.493 e. The highest BCUT2D eigenvalue weighted by Crippen LogP contribution is 2.37. The molecule has 0 radical (unpaired) electrons. The van der Waals surface area contributed by atoms with Crippen LogP contribution in [0.15, 0.2) is 6.07 Å². The molecule has 0 aliphatic heterocycles. The smallest absolute Gasteiger partial charge is 0.201 e. The molecular formula is C10H10F2N2OS. The Morgan fingerprint density at radius 3 is 2.88 bits per heavy atom. The standard InChI is InChI=1S/C10H10F2N2OS/c1-3-13-10-7-6(16-14-10)4-5(11)8(12)9(7)15-2/h4H,3H2,1-2H3,(H,13,14). The molecule has 1 heterocycles. The van der Waals surface area contributed by atoms with Gasteiger partial charge in [0.1, 0.15) is 0 Å². The zero-order chi connectivity index (χ0) is 11.7. The van der Waals surface area contributed by atoms with Crippen molar-refractivity contribution in [3.8, 4) is 5.75 Å². The maximum atomic E-state index is 13.5. The average molecular weight is 244 g/mol. The fourth-order valence-corrected chi connectivity index (χ4v) is 2.28. The van der Waals surface area contributed by atoms with Gasteiger partial charge in [0.15, 0.2) is 17.4 Å². The Morgan fingerprint density at radius 2 is 2.25 bits per heavy atom. The predicted octanol–water partition coefficient (Wildman–Crippen LogP) is 3.01. The molecule has 16 heavy (non-hydrogen) atoms. The zero-order valence-corrected chi connectivity index (χ0v) is 9.62. The number of anilines is 1. The van der Waals surface area contributed by atoms with E-state index in [9.17, 15) is 8.78 Å². The van der Waals surface area contributed by atoms with Gasteiger partial charge in [-0.3, -0.25) is 0 Å². The number of nitrogens with one attached hydrogen (secondary N) is 1. The molecular weight excluding hydrogens is 234 g/mol. The van der Waals surface area contributed by atoms with Gasteiger partial charge in [0.05, 0.1) is 17.2 Å². The first-order valence-electron chi connectivity index (χ1n) is 4.74. The number of rotatable bonds is 3. The van der Waals surface area contributed by atoms with Crippen LogP contribution in [-0.2, 0) is 0 Å². The van der Waals surface area contributed by atoms with E-state index in [2.05, 4.69) is 9.69 Å². The third-order valence-corrected chi connectivity index (χ3v) is 2.95. The van der Waals surface area contributed by atoms with Crippen molar-refractivity contribution in [3.05, 3.63) is 17.7 Å². The number of methoxy groups -OCH3 is 1. The quantitative estimate of drug-likeness (QED) is 0.901. The second-order valence-electron chi connectivity index (χ2n) is 3.14. The van der Waals surface area contributed by atoms with E-state index in [-0.39, 0.29) is 5.75 Å². The summed E-state index contributed by atoms with van der Waals surface area (Å²) in [5.41, 5.74) is 0. The average Bonchev–Trinajstić information content (AvgIpc) is 2.64. The molecule has 1 N–H and O–H groups in total. The molecule has 2 aromatic rings. The molecule has 0 saturated carbocycles. The molecule has 0 fully saturated rings. The van der Waals surface area contributed by atoms with Crippen LogP contribution in [0.1, 0.15) is 6.92 Å². The van der Waals surface area contributed by atoms with E-state index in [4.69, 9.17) is 4.74 Å². The summed E-state index contributed by atoms with van der Waals surface area (Å²) in [6.45, 7) is 2.55. The number of hydrogen-bond donors (Lipinski definition) is 1. The van der Waals surface area contributed by atoms with Crippen LogP contribution < -0.4 is 10.1 Å². The van der Waals surface area contributed by atoms with Crippen LogP contribution >= 0.6 is 11.5 Å². The number of hydrogen-bond acceptors (Lipinski definition) is 4. The lowest BCUT2D eigenvalue weighted by Crippen LogP contribution is -1.99. The molecule has 0 spiro atoms. The Balaban J connectivity index is 2.75. The minimum absolute atomic E-state index is 0.0975. The highest BCUT2D eigenvalue weighted by molar-refractivity contribution is 7.13. The van der Waals surface area contributed by atoms with Gasteiger partial charge < -0.3 is 10.1 Å². The summed E-state index contributed by atoms with van der Waals surface area (Å²) in [6, 6.07) is 1.13. The first kappa shape index (κ1) is 11.1. The van der Waals surface area contributed by atoms with E-state index < -0.39 is 11.6 Å². The topological polar surface area (TPSA) is 34.2 Å². The lowest BCUT2D eigenvalue weighted by molar-refractivity contribution is 0.377. The molecule has 2 rings (SSSR count). The summed E-state index contributed by atoms with van der Waals surface area (Å²) in [4.78, 5) is 0. The summed E-state index contributed by atoms with van der Waals surface area (Å²) >= 11 is 1.11. The maximum absolute atomic E-state index is 13.5. The van der Waals surface area contributed by atoms with Crippen LogP contribution in [0.25, 0.3) is 10.1 Å². The second-order valence-corrected chi connectivity index (χ2v) is 3.95. The number of aromatic nitrogens is 1. The predicted molar refractivity (Wildman–Crippen MR) is 60.3 cm³/mol. The Bertz CT molecular complexity index is 527. The van der Waals surface area contributed by atoms with E-state index in [0.717, 1.165) is 17.6 Å². The van der Waals surface area contributed by atoms with Crippen LogP contribution in [-0.4, -0.2) is 18.0 Å². The van der Waals surface area contributed by atoms with Crippen LogP contribution in [0.3, 0.4) is 0 Å². The Labute approximate surface area is 95.2 Å². The number of fused-ring (bicyclic) bond motifs is 1. The van der Waals surface area contributed by atoms with Crippen molar-refractivity contribution in [1.29, 1.82) is 0 Å². The van der Waals surface area contributed by atoms with E-state index in [1.807, 2.05) is 6.92 Å². The monoisotopic (exact) mass is 244 g/mol. The van der Waals surface area contributed by atoms with Crippen molar-refractivity contribution in [2.75, 3.05) is 19.0 Å². The minimum Gasteiger partial charge on any atom is -0.493 e. The van der Waals surface area contributed by atoms with Gasteiger partial charge in [-0.05, 0) is 24.5 Å². The van der Waals surface area contributed by atoms with Crippen LogP contribution in [0, 0.1) is 11.6 Å². The number of ether oxygens (including phenoxy) is 1. The van der Waals surface area contributed by atoms with Crippen molar-refractivity contribution in [1.82, 2.24) is 4.37 Å². The van der Waals surface area contributed by atoms with Crippen molar-refractivity contribution < 1.29 is 13.5 Å². The van der Waals surface area contributed by atoms with Gasteiger partial charge in [0.25, 0.3) is 0 Å². The summed E-state index contributed by atoms with van der Waals surface area (Å²) in [5.74, 6) is -1.47. The summed E-state index contributed by atoms with van der Waals surface area (Å²) in [6.07, 6.45) is 0. The normalized spacial score (nSPS) is 10.8. The second kappa shape index (κ2) is 4.21. The van der Waals surface area contributed by atoms with Crippen LogP contribution in [0.5, 0.6) is 5.75 Å². The van der Waals surface area contributed by atoms with E-state index in [1.165, 1.54) is 7.11 Å². The maximum Gasteiger partial charge on any atom is 0.201 e. The lowest BCUT2D eigenvalue weighted by Gasteiger charge is -2.06. The summed E-state index contributed by atoms with van der Waals surface area (Å²) in [7, 11) is 1.31. The number of benzene rings is 1. The molecule has 86 valence electrons. The van der Waals surface area contributed by atoms with E-state index >= 15 is 0 Å². The third kappa shape index (κ3) is 1.59. The van der Waals surface area contributed by atoms with Gasteiger partial charge in [-0.25, -0.2) is 4.39 Å². The number of nitrogens with zero attached hydrogens (tertiary/aromatic N) is 1. The van der Waals surface area contributed by atoms with Gasteiger partial charge in [0, 0.05) is 6.54 Å². The molecule has 0 bridgehead atoms. The first-order valence-corrected chi connectivity index (χ1v) is 5.51. The Hall–Kier alpha value is -1.43. The van der Waals surface area contributed by atoms with E-state index in [0.29, 0.717) is 22.4 Å². The van der Waals surface area contributed by atoms with Crippen molar-refractivity contribution >= 4 is 27.4 Å². The highest BCUT2D eigenvalue weighted by atomic mass is 32.1. The summed E-state index contributed by atoms with van der Waals surface area (Å²) in [5, 5.41) is 3.48. The van der Waals surface area contributed by atoms with Crippen LogP contribution in [0.2, 0.25) is 0 Å². The number of halogens is 2. The molecule has 0 aliphatic carbocycles. The van der Waals surface area contributed by atoms with Gasteiger partial charge in [-0.15, -0.1) is 0 Å². The molecule has 1 aromatic carbocycles. The SMILES string of the molecule is CCNc1nsc2cc(F)c(F)c(OC)c12. The fraction of sp³-hybridized carbons (Fsp3) is 0.300. The molecule has 0 saturated heterocycles. The van der Waals surface area contributed by atoms with Gasteiger partial charge in [-0.1, -0.05) is 0 Å². The van der Waals surface area contributed by atoms with Crippen molar-refractivity contribution in [2.45, 2.75) is 6.92 Å². The Morgan fingerprint density at radius 1 is 1.50 bits per heavy atom. The first-order chi connectivity index (χ1) is 7.69. The lowest BCUT2D eigenvalue weighted by atomic mass is 10.2. The third-order valence-electron chi connectivity index (χ3n) is 2.16. The molecule has 0 unspecified atom stereocenters. The Kier molecular flexibility index (Phi) is 2.91. The van der Waals surface area contributed by atoms with Crippen molar-refractivity contribution in [3.63, 3.8) is 0 Å². The van der Waals surface area contributed by atoms with Crippen LogP contribution in [0.4, 0.5) is 14.6 Å². The zero-order valence-electron chi connectivity index (χ0n) is 8.80. The van der Waals surface area contributed by atoms with Gasteiger partial charge >= 0.3 is 0 Å². The fourth-order valence-electron chi connectivity index (χ4n) is 1.50. The molecule has 0 atom stereocenters. The van der Waals surface area contributed by atoms with E-state index in [1.54, 1.807) is 0 Å². The molecule has 3 nitrogen and oxygen atoms in total. The molecule has 0 amide bonds. The minimum atomic E-state index is -0.977.